The molecule has 1 amide bonds. The Morgan fingerprint density at radius 1 is 1.30 bits per heavy atom. The first kappa shape index (κ1) is 21.3. The first-order valence-electron chi connectivity index (χ1n) is 8.66. The molecule has 0 atom stereocenters. The van der Waals surface area contributed by atoms with Crippen LogP contribution in [0.1, 0.15) is 16.7 Å². The SMILES string of the molecule is Cc1c(Cc2ccc(F)c([N+](=O)[O-])c2)c(=O)oc2cc(OC(=O)N(C)C)c(Cl)cc12. The molecule has 8 nitrogen and oxygen atoms in total. The van der Waals surface area contributed by atoms with Gasteiger partial charge in [0.25, 0.3) is 0 Å². The van der Waals surface area contributed by atoms with Gasteiger partial charge in [-0.15, -0.1) is 0 Å². The lowest BCUT2D eigenvalue weighted by Gasteiger charge is -2.13. The smallest absolute Gasteiger partial charge is 0.414 e. The number of aryl methyl sites for hydroxylation is 1. The first-order chi connectivity index (χ1) is 14.1. The number of benzene rings is 2. The van der Waals surface area contributed by atoms with Crippen LogP contribution in [0, 0.1) is 22.9 Å². The third-order valence-electron chi connectivity index (χ3n) is 4.49. The number of ether oxygens (including phenoxy) is 1. The van der Waals surface area contributed by atoms with Gasteiger partial charge >= 0.3 is 17.4 Å². The number of fused-ring (bicyclic) bond motifs is 1. The monoisotopic (exact) mass is 434 g/mol. The van der Waals surface area contributed by atoms with Gasteiger partial charge in [-0.05, 0) is 30.2 Å². The van der Waals surface area contributed by atoms with Crippen LogP contribution in [0.3, 0.4) is 0 Å². The van der Waals surface area contributed by atoms with Crippen LogP contribution < -0.4 is 10.4 Å². The van der Waals surface area contributed by atoms with Crippen LogP contribution >= 0.6 is 11.6 Å². The number of hydrogen-bond acceptors (Lipinski definition) is 6. The Kier molecular flexibility index (Phi) is 5.75. The van der Waals surface area contributed by atoms with Gasteiger partial charge in [-0.2, -0.15) is 4.39 Å². The van der Waals surface area contributed by atoms with Crippen LogP contribution in [0.15, 0.2) is 39.5 Å². The predicted molar refractivity (Wildman–Crippen MR) is 108 cm³/mol. The molecular formula is C20H16ClFN2O6. The summed E-state index contributed by atoms with van der Waals surface area (Å²) in [5, 5.41) is 11.6. The fourth-order valence-electron chi connectivity index (χ4n) is 2.87. The van der Waals surface area contributed by atoms with E-state index in [2.05, 4.69) is 0 Å². The highest BCUT2D eigenvalue weighted by Crippen LogP contribution is 2.33. The summed E-state index contributed by atoms with van der Waals surface area (Å²) >= 11 is 6.22. The van der Waals surface area contributed by atoms with E-state index in [1.807, 2.05) is 0 Å². The van der Waals surface area contributed by atoms with Crippen molar-refractivity contribution in [2.24, 2.45) is 0 Å². The summed E-state index contributed by atoms with van der Waals surface area (Å²) in [7, 11) is 3.02. The van der Waals surface area contributed by atoms with Crippen molar-refractivity contribution in [3.05, 3.63) is 78.4 Å². The zero-order chi connectivity index (χ0) is 22.2. The van der Waals surface area contributed by atoms with E-state index < -0.39 is 28.1 Å². The van der Waals surface area contributed by atoms with Crippen LogP contribution in [0.2, 0.25) is 5.02 Å². The van der Waals surface area contributed by atoms with E-state index >= 15 is 0 Å². The molecule has 156 valence electrons. The van der Waals surface area contributed by atoms with E-state index in [9.17, 15) is 24.1 Å². The Hall–Kier alpha value is -3.46. The molecule has 1 heterocycles. The summed E-state index contributed by atoms with van der Waals surface area (Å²) in [6, 6.07) is 6.27. The molecule has 0 radical (unpaired) electrons. The Morgan fingerprint density at radius 3 is 2.63 bits per heavy atom. The number of nitrogens with zero attached hydrogens (tertiary/aromatic N) is 2. The van der Waals surface area contributed by atoms with Gasteiger partial charge in [0.2, 0.25) is 5.82 Å². The number of carbonyl (C=O) groups is 1. The van der Waals surface area contributed by atoms with Gasteiger partial charge in [-0.25, -0.2) is 9.59 Å². The van der Waals surface area contributed by atoms with E-state index in [0.717, 1.165) is 12.1 Å². The highest BCUT2D eigenvalue weighted by Gasteiger charge is 2.19. The van der Waals surface area contributed by atoms with E-state index in [0.29, 0.717) is 16.5 Å². The molecule has 0 saturated heterocycles. The second-order valence-corrected chi connectivity index (χ2v) is 7.16. The lowest BCUT2D eigenvalue weighted by molar-refractivity contribution is -0.387. The lowest BCUT2D eigenvalue weighted by atomic mass is 9.99. The van der Waals surface area contributed by atoms with Crippen molar-refractivity contribution in [3.8, 4) is 5.75 Å². The van der Waals surface area contributed by atoms with Crippen LogP contribution in [0.4, 0.5) is 14.9 Å². The van der Waals surface area contributed by atoms with E-state index in [1.54, 1.807) is 6.92 Å². The van der Waals surface area contributed by atoms with Crippen LogP contribution in [0.5, 0.6) is 5.75 Å². The summed E-state index contributed by atoms with van der Waals surface area (Å²) in [6.45, 7) is 1.67. The molecule has 0 aliphatic carbocycles. The third-order valence-corrected chi connectivity index (χ3v) is 4.79. The van der Waals surface area contributed by atoms with Crippen molar-refractivity contribution in [1.29, 1.82) is 0 Å². The second kappa shape index (κ2) is 8.11. The number of hydrogen-bond donors (Lipinski definition) is 0. The number of rotatable bonds is 4. The average molecular weight is 435 g/mol. The minimum Gasteiger partial charge on any atom is -0.422 e. The van der Waals surface area contributed by atoms with Crippen molar-refractivity contribution in [1.82, 2.24) is 4.90 Å². The van der Waals surface area contributed by atoms with Crippen molar-refractivity contribution in [2.45, 2.75) is 13.3 Å². The summed E-state index contributed by atoms with van der Waals surface area (Å²) in [5.41, 5.74) is -0.0131. The van der Waals surface area contributed by atoms with Crippen molar-refractivity contribution in [3.63, 3.8) is 0 Å². The number of nitro groups is 1. The van der Waals surface area contributed by atoms with Crippen LogP contribution in [-0.4, -0.2) is 30.0 Å². The summed E-state index contributed by atoms with van der Waals surface area (Å²) in [5.74, 6) is -0.926. The standard InChI is InChI=1S/C20H16ClFN2O6/c1-10-12-8-14(21)18(30-20(26)23(2)3)9-17(12)29-19(25)13(10)6-11-4-5-15(22)16(7-11)24(27)28/h4-5,7-9H,6H2,1-3H3. The van der Waals surface area contributed by atoms with Gasteiger partial charge in [0.1, 0.15) is 5.58 Å². The van der Waals surface area contributed by atoms with Crippen molar-refractivity contribution in [2.75, 3.05) is 14.1 Å². The van der Waals surface area contributed by atoms with Gasteiger partial charge in [-0.1, -0.05) is 17.7 Å². The number of nitro benzene ring substituents is 1. The Balaban J connectivity index is 2.06. The van der Waals surface area contributed by atoms with Gasteiger partial charge in [0.15, 0.2) is 5.75 Å². The van der Waals surface area contributed by atoms with E-state index in [4.69, 9.17) is 20.8 Å². The Labute approximate surface area is 174 Å². The molecule has 0 fully saturated rings. The van der Waals surface area contributed by atoms with E-state index in [-0.39, 0.29) is 28.3 Å². The molecular weight excluding hydrogens is 419 g/mol. The quantitative estimate of drug-likeness (QED) is 0.341. The fraction of sp³-hybridized carbons (Fsp3) is 0.200. The molecule has 0 unspecified atom stereocenters. The molecule has 10 heteroatoms. The predicted octanol–water partition coefficient (Wildman–Crippen LogP) is 4.45. The zero-order valence-corrected chi connectivity index (χ0v) is 16.9. The van der Waals surface area contributed by atoms with Gasteiger partial charge in [-0.3, -0.25) is 10.1 Å². The maximum Gasteiger partial charge on any atom is 0.414 e. The number of amides is 1. The molecule has 3 aromatic rings. The van der Waals surface area contributed by atoms with Crippen LogP contribution in [0.25, 0.3) is 11.0 Å². The maximum absolute atomic E-state index is 13.6. The lowest BCUT2D eigenvalue weighted by Crippen LogP contribution is -2.25. The van der Waals surface area contributed by atoms with Crippen LogP contribution in [-0.2, 0) is 6.42 Å². The highest BCUT2D eigenvalue weighted by atomic mass is 35.5. The Bertz CT molecular complexity index is 1240. The summed E-state index contributed by atoms with van der Waals surface area (Å²) in [6.07, 6.45) is -0.648. The van der Waals surface area contributed by atoms with E-state index in [1.165, 1.54) is 37.2 Å². The maximum atomic E-state index is 13.6. The molecule has 0 aliphatic rings. The molecule has 0 spiro atoms. The minimum absolute atomic E-state index is 0.000211. The van der Waals surface area contributed by atoms with Gasteiger partial charge < -0.3 is 14.1 Å². The number of halogens is 2. The normalized spacial score (nSPS) is 10.8. The molecule has 0 aliphatic heterocycles. The second-order valence-electron chi connectivity index (χ2n) is 6.75. The number of carbonyl (C=O) groups excluding carboxylic acids is 1. The summed E-state index contributed by atoms with van der Waals surface area (Å²) < 4.78 is 24.1. The van der Waals surface area contributed by atoms with Crippen molar-refractivity contribution < 1.29 is 23.3 Å². The topological polar surface area (TPSA) is 103 Å². The fourth-order valence-corrected chi connectivity index (χ4v) is 3.07. The molecule has 0 bridgehead atoms. The molecule has 0 saturated carbocycles. The zero-order valence-electron chi connectivity index (χ0n) is 16.2. The largest absolute Gasteiger partial charge is 0.422 e. The van der Waals surface area contributed by atoms with Gasteiger partial charge in [0.05, 0.1) is 9.95 Å². The summed E-state index contributed by atoms with van der Waals surface area (Å²) in [4.78, 5) is 35.7. The molecule has 0 N–H and O–H groups in total. The highest BCUT2D eigenvalue weighted by molar-refractivity contribution is 6.33. The minimum atomic E-state index is -0.961. The average Bonchev–Trinajstić information content (AvgIpc) is 2.67. The molecule has 3 rings (SSSR count). The molecule has 2 aromatic carbocycles. The first-order valence-corrected chi connectivity index (χ1v) is 9.04. The Morgan fingerprint density at radius 2 is 2.00 bits per heavy atom. The third kappa shape index (κ3) is 4.11. The molecule has 1 aromatic heterocycles. The van der Waals surface area contributed by atoms with Gasteiger partial charge in [0, 0.05) is 43.6 Å². The van der Waals surface area contributed by atoms with Crippen molar-refractivity contribution >= 4 is 34.4 Å². The molecule has 30 heavy (non-hydrogen) atoms.